The van der Waals surface area contributed by atoms with Crippen molar-refractivity contribution in [3.8, 4) is 17.0 Å². The third-order valence-electron chi connectivity index (χ3n) is 7.48. The normalized spacial score (nSPS) is 17.6. The molecule has 9 heteroatoms. The van der Waals surface area contributed by atoms with Crippen LogP contribution >= 0.6 is 0 Å². The molecule has 3 aromatic rings. The maximum absolute atomic E-state index is 12.2. The Morgan fingerprint density at radius 2 is 1.95 bits per heavy atom. The predicted molar refractivity (Wildman–Crippen MR) is 144 cm³/mol. The molecule has 2 fully saturated rings. The second kappa shape index (κ2) is 11.8. The number of pyridine rings is 1. The van der Waals surface area contributed by atoms with E-state index in [4.69, 9.17) is 15.2 Å². The molecule has 2 aliphatic heterocycles. The van der Waals surface area contributed by atoms with Crippen LogP contribution < -0.4 is 15.8 Å². The summed E-state index contributed by atoms with van der Waals surface area (Å²) in [7, 11) is 0. The largest absolute Gasteiger partial charge is 0.478 e. The van der Waals surface area contributed by atoms with Gasteiger partial charge in [-0.05, 0) is 81.8 Å². The number of anilines is 1. The number of fused-ring (bicyclic) bond motifs is 1. The van der Waals surface area contributed by atoms with Gasteiger partial charge in [0, 0.05) is 49.0 Å². The minimum absolute atomic E-state index is 0.127. The first-order valence-electron chi connectivity index (χ1n) is 13.3. The SMILES string of the molecule is CC(Nc1c(C(N)=O)nnc2ccc(-c3ccc(OCCCN4CCCC4)nc3)cc12)C1CCOCC1. The molecule has 2 aliphatic rings. The van der Waals surface area contributed by atoms with Crippen molar-refractivity contribution in [3.05, 3.63) is 42.2 Å². The Labute approximate surface area is 217 Å². The first kappa shape index (κ1) is 25.4. The van der Waals surface area contributed by atoms with Crippen LogP contribution in [-0.4, -0.2) is 71.5 Å². The molecule has 1 atom stereocenters. The number of benzene rings is 1. The van der Waals surface area contributed by atoms with Gasteiger partial charge in [-0.1, -0.05) is 6.07 Å². The van der Waals surface area contributed by atoms with E-state index in [-0.39, 0.29) is 11.7 Å². The van der Waals surface area contributed by atoms with E-state index in [2.05, 4.69) is 32.3 Å². The van der Waals surface area contributed by atoms with Crippen LogP contribution in [0.15, 0.2) is 36.5 Å². The fourth-order valence-electron chi connectivity index (χ4n) is 5.27. The number of ether oxygens (including phenoxy) is 2. The van der Waals surface area contributed by atoms with Crippen molar-refractivity contribution < 1.29 is 14.3 Å². The first-order chi connectivity index (χ1) is 18.1. The summed E-state index contributed by atoms with van der Waals surface area (Å²) < 4.78 is 11.4. The van der Waals surface area contributed by atoms with Gasteiger partial charge in [0.2, 0.25) is 5.88 Å². The molecule has 5 rings (SSSR count). The molecule has 4 heterocycles. The van der Waals surface area contributed by atoms with Crippen molar-refractivity contribution in [1.82, 2.24) is 20.1 Å². The quantitative estimate of drug-likeness (QED) is 0.400. The molecule has 196 valence electrons. The number of nitrogens with one attached hydrogen (secondary N) is 1. The first-order valence-corrected chi connectivity index (χ1v) is 13.3. The molecule has 37 heavy (non-hydrogen) atoms. The summed E-state index contributed by atoms with van der Waals surface area (Å²) in [6.07, 6.45) is 7.38. The van der Waals surface area contributed by atoms with Crippen LogP contribution in [0.5, 0.6) is 5.88 Å². The number of carbonyl (C=O) groups is 1. The van der Waals surface area contributed by atoms with Crippen LogP contribution in [0, 0.1) is 5.92 Å². The lowest BCUT2D eigenvalue weighted by molar-refractivity contribution is 0.0622. The molecule has 2 saturated heterocycles. The third kappa shape index (κ3) is 6.17. The summed E-state index contributed by atoms with van der Waals surface area (Å²) >= 11 is 0. The molecule has 3 N–H and O–H groups in total. The number of likely N-dealkylation sites (tertiary alicyclic amines) is 1. The molecular weight excluding hydrogens is 468 g/mol. The van der Waals surface area contributed by atoms with Crippen molar-refractivity contribution in [3.63, 3.8) is 0 Å². The van der Waals surface area contributed by atoms with Gasteiger partial charge in [0.25, 0.3) is 5.91 Å². The van der Waals surface area contributed by atoms with Crippen molar-refractivity contribution in [1.29, 1.82) is 0 Å². The van der Waals surface area contributed by atoms with E-state index in [9.17, 15) is 4.79 Å². The van der Waals surface area contributed by atoms with Gasteiger partial charge in [0.15, 0.2) is 5.69 Å². The van der Waals surface area contributed by atoms with Crippen molar-refractivity contribution in [2.75, 3.05) is 44.8 Å². The summed E-state index contributed by atoms with van der Waals surface area (Å²) in [5.74, 6) is 0.461. The highest BCUT2D eigenvalue weighted by molar-refractivity contribution is 6.05. The zero-order valence-corrected chi connectivity index (χ0v) is 21.5. The fourth-order valence-corrected chi connectivity index (χ4v) is 5.27. The van der Waals surface area contributed by atoms with E-state index in [1.54, 1.807) is 0 Å². The Kier molecular flexibility index (Phi) is 8.11. The number of hydrogen-bond donors (Lipinski definition) is 2. The Hall–Kier alpha value is -3.30. The van der Waals surface area contributed by atoms with Crippen molar-refractivity contribution >= 4 is 22.5 Å². The lowest BCUT2D eigenvalue weighted by Crippen LogP contribution is -2.32. The van der Waals surface area contributed by atoms with E-state index < -0.39 is 5.91 Å². The predicted octanol–water partition coefficient (Wildman–Crippen LogP) is 3.88. The van der Waals surface area contributed by atoms with Gasteiger partial charge in [-0.3, -0.25) is 4.79 Å². The molecule has 1 unspecified atom stereocenters. The van der Waals surface area contributed by atoms with Gasteiger partial charge in [-0.25, -0.2) is 4.98 Å². The zero-order valence-electron chi connectivity index (χ0n) is 21.5. The second-order valence-electron chi connectivity index (χ2n) is 10.0. The van der Waals surface area contributed by atoms with Gasteiger partial charge in [-0.2, -0.15) is 0 Å². The molecule has 2 aromatic heterocycles. The third-order valence-corrected chi connectivity index (χ3v) is 7.48. The second-order valence-corrected chi connectivity index (χ2v) is 10.0. The minimum atomic E-state index is -0.602. The summed E-state index contributed by atoms with van der Waals surface area (Å²) in [4.78, 5) is 19.2. The lowest BCUT2D eigenvalue weighted by Gasteiger charge is -2.29. The lowest BCUT2D eigenvalue weighted by atomic mass is 9.92. The smallest absolute Gasteiger partial charge is 0.271 e. The maximum atomic E-state index is 12.2. The van der Waals surface area contributed by atoms with Crippen LogP contribution in [0.2, 0.25) is 0 Å². The number of aromatic nitrogens is 3. The van der Waals surface area contributed by atoms with Gasteiger partial charge >= 0.3 is 0 Å². The Morgan fingerprint density at radius 3 is 2.68 bits per heavy atom. The molecule has 9 nitrogen and oxygen atoms in total. The summed E-state index contributed by atoms with van der Waals surface area (Å²) in [6.45, 7) is 7.79. The standard InChI is InChI=1S/C28H36N6O3/c1-19(20-9-15-36-16-10-20)31-26-23-17-21(5-7-24(23)32-33-27(26)28(29)35)22-6-8-25(30-18-22)37-14-4-13-34-11-2-3-12-34/h5-8,17-20H,2-4,9-16H2,1H3,(H2,29,35)(H,31,32). The molecular formula is C28H36N6O3. The van der Waals surface area contributed by atoms with Crippen molar-refractivity contribution in [2.45, 2.75) is 45.1 Å². The van der Waals surface area contributed by atoms with E-state index >= 15 is 0 Å². The van der Waals surface area contributed by atoms with Crippen LogP contribution in [0.1, 0.15) is 49.5 Å². The zero-order chi connectivity index (χ0) is 25.6. The number of carbonyl (C=O) groups excluding carboxylic acids is 1. The van der Waals surface area contributed by atoms with Gasteiger partial charge in [-0.15, -0.1) is 10.2 Å². The fraction of sp³-hybridized carbons (Fsp3) is 0.500. The van der Waals surface area contributed by atoms with E-state index in [0.29, 0.717) is 29.6 Å². The van der Waals surface area contributed by atoms with E-state index in [1.807, 2.05) is 36.5 Å². The highest BCUT2D eigenvalue weighted by atomic mass is 16.5. The molecule has 0 bridgehead atoms. The van der Waals surface area contributed by atoms with Crippen LogP contribution in [-0.2, 0) is 4.74 Å². The van der Waals surface area contributed by atoms with Gasteiger partial charge < -0.3 is 25.4 Å². The van der Waals surface area contributed by atoms with Crippen LogP contribution in [0.25, 0.3) is 22.0 Å². The number of rotatable bonds is 10. The Morgan fingerprint density at radius 1 is 1.16 bits per heavy atom. The number of amides is 1. The molecule has 1 amide bonds. The monoisotopic (exact) mass is 504 g/mol. The molecule has 0 saturated carbocycles. The van der Waals surface area contributed by atoms with Crippen LogP contribution in [0.3, 0.4) is 0 Å². The Balaban J connectivity index is 1.33. The molecule has 1 aromatic carbocycles. The summed E-state index contributed by atoms with van der Waals surface area (Å²) in [6, 6.07) is 9.95. The maximum Gasteiger partial charge on any atom is 0.271 e. The summed E-state index contributed by atoms with van der Waals surface area (Å²) in [5.41, 5.74) is 9.07. The molecule has 0 spiro atoms. The Bertz CT molecular complexity index is 1210. The highest BCUT2D eigenvalue weighted by Gasteiger charge is 2.24. The topological polar surface area (TPSA) is 115 Å². The van der Waals surface area contributed by atoms with Gasteiger partial charge in [0.1, 0.15) is 0 Å². The van der Waals surface area contributed by atoms with Crippen molar-refractivity contribution in [2.24, 2.45) is 11.7 Å². The minimum Gasteiger partial charge on any atom is -0.478 e. The number of primary amides is 1. The number of hydrogen-bond acceptors (Lipinski definition) is 8. The van der Waals surface area contributed by atoms with Gasteiger partial charge in [0.05, 0.1) is 17.8 Å². The average molecular weight is 505 g/mol. The number of nitrogens with two attached hydrogens (primary N) is 1. The number of nitrogens with zero attached hydrogens (tertiary/aromatic N) is 4. The summed E-state index contributed by atoms with van der Waals surface area (Å²) in [5, 5.41) is 12.7. The molecule has 0 radical (unpaired) electrons. The van der Waals surface area contributed by atoms with E-state index in [1.165, 1.54) is 25.9 Å². The average Bonchev–Trinajstić information content (AvgIpc) is 3.45. The highest BCUT2D eigenvalue weighted by Crippen LogP contribution is 2.32. The molecule has 0 aliphatic carbocycles. The van der Waals surface area contributed by atoms with Crippen LogP contribution in [0.4, 0.5) is 5.69 Å². The van der Waals surface area contributed by atoms with E-state index in [0.717, 1.165) is 55.5 Å².